The number of halogens is 2. The first-order valence-corrected chi connectivity index (χ1v) is 6.49. The third-order valence-corrected chi connectivity index (χ3v) is 3.71. The standard InChI is InChI=1S/C11H13ClFN5O3/c12-3-1-18(9-5(3)8(14)16-11(15)17-9)10-6(13)7(20)4(2-19)21-10/h1,4,6-7,10,19-20H,2H2,(H4,14,15,16,17)/t4-,6+,7-,10-/m1/s1. The number of hydrogen-bond acceptors (Lipinski definition) is 7. The number of ether oxygens (including phenoxy) is 1. The highest BCUT2D eigenvalue weighted by Crippen LogP contribution is 2.37. The molecule has 21 heavy (non-hydrogen) atoms. The maximum atomic E-state index is 14.2. The third kappa shape index (κ3) is 2.09. The number of fused-ring (bicyclic) bond motifs is 1. The number of nitrogens with zero attached hydrogens (tertiary/aromatic N) is 3. The molecule has 0 bridgehead atoms. The van der Waals surface area contributed by atoms with Crippen LogP contribution in [0.4, 0.5) is 16.2 Å². The highest BCUT2D eigenvalue weighted by Gasteiger charge is 2.45. The van der Waals surface area contributed by atoms with Crippen molar-refractivity contribution in [3.05, 3.63) is 11.2 Å². The van der Waals surface area contributed by atoms with Gasteiger partial charge in [-0.15, -0.1) is 0 Å². The molecule has 114 valence electrons. The van der Waals surface area contributed by atoms with Crippen molar-refractivity contribution in [1.82, 2.24) is 14.5 Å². The zero-order valence-electron chi connectivity index (χ0n) is 10.6. The molecule has 1 aliphatic rings. The van der Waals surface area contributed by atoms with E-state index in [-0.39, 0.29) is 22.4 Å². The van der Waals surface area contributed by atoms with Crippen LogP contribution in [-0.2, 0) is 4.74 Å². The fourth-order valence-electron chi connectivity index (χ4n) is 2.42. The Bertz CT molecular complexity index is 696. The minimum atomic E-state index is -1.76. The Morgan fingerprint density at radius 1 is 1.43 bits per heavy atom. The zero-order valence-corrected chi connectivity index (χ0v) is 11.4. The van der Waals surface area contributed by atoms with Gasteiger partial charge in [-0.05, 0) is 0 Å². The molecule has 1 aliphatic heterocycles. The van der Waals surface area contributed by atoms with Gasteiger partial charge in [0.15, 0.2) is 18.0 Å². The van der Waals surface area contributed by atoms with E-state index in [0.29, 0.717) is 5.39 Å². The van der Waals surface area contributed by atoms with Gasteiger partial charge in [0.1, 0.15) is 18.0 Å². The summed E-state index contributed by atoms with van der Waals surface area (Å²) < 4.78 is 20.8. The SMILES string of the molecule is Nc1nc(N)c2c(Cl)cn([C@@H]3O[C@H](CO)[C@@H](O)[C@@H]3F)c2n1. The molecule has 6 N–H and O–H groups in total. The van der Waals surface area contributed by atoms with Crippen molar-refractivity contribution in [1.29, 1.82) is 0 Å². The Morgan fingerprint density at radius 2 is 2.14 bits per heavy atom. The van der Waals surface area contributed by atoms with Crippen molar-refractivity contribution in [3.8, 4) is 0 Å². The van der Waals surface area contributed by atoms with Crippen LogP contribution >= 0.6 is 11.6 Å². The summed E-state index contributed by atoms with van der Waals surface area (Å²) in [7, 11) is 0. The normalized spacial score (nSPS) is 29.3. The Morgan fingerprint density at radius 3 is 2.76 bits per heavy atom. The van der Waals surface area contributed by atoms with Gasteiger partial charge in [0, 0.05) is 6.20 Å². The van der Waals surface area contributed by atoms with Crippen LogP contribution < -0.4 is 11.5 Å². The third-order valence-electron chi connectivity index (χ3n) is 3.42. The minimum Gasteiger partial charge on any atom is -0.394 e. The average Bonchev–Trinajstić information content (AvgIpc) is 2.89. The van der Waals surface area contributed by atoms with Gasteiger partial charge in [-0.2, -0.15) is 9.97 Å². The Kier molecular flexibility index (Phi) is 3.36. The number of hydrogen-bond donors (Lipinski definition) is 4. The summed E-state index contributed by atoms with van der Waals surface area (Å²) in [6, 6.07) is 0. The highest BCUT2D eigenvalue weighted by molar-refractivity contribution is 6.36. The smallest absolute Gasteiger partial charge is 0.223 e. The van der Waals surface area contributed by atoms with Gasteiger partial charge in [-0.25, -0.2) is 4.39 Å². The van der Waals surface area contributed by atoms with E-state index in [4.69, 9.17) is 32.9 Å². The largest absolute Gasteiger partial charge is 0.394 e. The van der Waals surface area contributed by atoms with Crippen LogP contribution in [-0.4, -0.2) is 49.7 Å². The van der Waals surface area contributed by atoms with Gasteiger partial charge in [0.05, 0.1) is 17.0 Å². The molecule has 1 saturated heterocycles. The van der Waals surface area contributed by atoms with Crippen LogP contribution in [0, 0.1) is 0 Å². The molecule has 1 fully saturated rings. The maximum absolute atomic E-state index is 14.2. The molecule has 3 heterocycles. The van der Waals surface area contributed by atoms with Gasteiger partial charge in [0.25, 0.3) is 0 Å². The van der Waals surface area contributed by atoms with E-state index in [0.717, 1.165) is 0 Å². The summed E-state index contributed by atoms with van der Waals surface area (Å²) >= 11 is 6.06. The molecule has 8 nitrogen and oxygen atoms in total. The van der Waals surface area contributed by atoms with E-state index in [1.54, 1.807) is 0 Å². The molecular formula is C11H13ClFN5O3. The van der Waals surface area contributed by atoms with Crippen LogP contribution in [0.1, 0.15) is 6.23 Å². The summed E-state index contributed by atoms with van der Waals surface area (Å²) in [5.74, 6) is -0.0300. The molecule has 0 radical (unpaired) electrons. The van der Waals surface area contributed by atoms with Gasteiger partial charge >= 0.3 is 0 Å². The van der Waals surface area contributed by atoms with Crippen molar-refractivity contribution in [3.63, 3.8) is 0 Å². The number of alkyl halides is 1. The monoisotopic (exact) mass is 317 g/mol. The molecule has 4 atom stereocenters. The summed E-state index contributed by atoms with van der Waals surface area (Å²) in [5.41, 5.74) is 11.5. The molecule has 2 aromatic heterocycles. The molecular weight excluding hydrogens is 305 g/mol. The lowest BCUT2D eigenvalue weighted by Crippen LogP contribution is -2.30. The quantitative estimate of drug-likeness (QED) is 0.604. The van der Waals surface area contributed by atoms with E-state index in [1.165, 1.54) is 10.8 Å². The Labute approximate surface area is 123 Å². The predicted molar refractivity (Wildman–Crippen MR) is 73.3 cm³/mol. The zero-order chi connectivity index (χ0) is 15.3. The molecule has 0 unspecified atom stereocenters. The molecule has 0 spiro atoms. The molecule has 0 saturated carbocycles. The van der Waals surface area contributed by atoms with Crippen LogP contribution in [0.25, 0.3) is 11.0 Å². The molecule has 0 aromatic carbocycles. The van der Waals surface area contributed by atoms with Crippen LogP contribution in [0.3, 0.4) is 0 Å². The van der Waals surface area contributed by atoms with E-state index in [2.05, 4.69) is 9.97 Å². The van der Waals surface area contributed by atoms with Crippen LogP contribution in [0.15, 0.2) is 6.20 Å². The number of aliphatic hydroxyl groups excluding tert-OH is 2. The number of rotatable bonds is 2. The van der Waals surface area contributed by atoms with Gasteiger partial charge in [-0.3, -0.25) is 0 Å². The highest BCUT2D eigenvalue weighted by atomic mass is 35.5. The fraction of sp³-hybridized carbons (Fsp3) is 0.455. The van der Waals surface area contributed by atoms with Crippen molar-refractivity contribution in [2.24, 2.45) is 0 Å². The minimum absolute atomic E-state index is 0.0638. The second-order valence-electron chi connectivity index (χ2n) is 4.73. The van der Waals surface area contributed by atoms with E-state index < -0.39 is 31.2 Å². The molecule has 3 rings (SSSR count). The van der Waals surface area contributed by atoms with Gasteiger partial charge < -0.3 is 31.0 Å². The Hall–Kier alpha value is -1.68. The van der Waals surface area contributed by atoms with E-state index in [1.807, 2.05) is 0 Å². The van der Waals surface area contributed by atoms with Gasteiger partial charge in [-0.1, -0.05) is 11.6 Å². The molecule has 2 aromatic rings. The Balaban J connectivity index is 2.13. The molecule has 0 amide bonds. The first-order valence-electron chi connectivity index (χ1n) is 6.11. The van der Waals surface area contributed by atoms with Gasteiger partial charge in [0.2, 0.25) is 5.95 Å². The first-order chi connectivity index (χ1) is 9.93. The second-order valence-corrected chi connectivity index (χ2v) is 5.14. The summed E-state index contributed by atoms with van der Waals surface area (Å²) in [4.78, 5) is 7.78. The number of nitrogens with two attached hydrogens (primary N) is 2. The molecule has 0 aliphatic carbocycles. The molecule has 10 heteroatoms. The summed E-state index contributed by atoms with van der Waals surface area (Å²) in [6.45, 7) is -0.510. The number of aliphatic hydroxyl groups is 2. The maximum Gasteiger partial charge on any atom is 0.223 e. The van der Waals surface area contributed by atoms with Crippen molar-refractivity contribution in [2.45, 2.75) is 24.6 Å². The summed E-state index contributed by atoms with van der Waals surface area (Å²) in [5, 5.41) is 19.3. The number of aromatic nitrogens is 3. The van der Waals surface area contributed by atoms with E-state index >= 15 is 0 Å². The van der Waals surface area contributed by atoms with Crippen LogP contribution in [0.5, 0.6) is 0 Å². The topological polar surface area (TPSA) is 132 Å². The van der Waals surface area contributed by atoms with Crippen molar-refractivity contribution >= 4 is 34.4 Å². The van der Waals surface area contributed by atoms with E-state index in [9.17, 15) is 9.50 Å². The average molecular weight is 318 g/mol. The lowest BCUT2D eigenvalue weighted by molar-refractivity contribution is -0.0457. The first kappa shape index (κ1) is 14.3. The second kappa shape index (κ2) is 4.95. The van der Waals surface area contributed by atoms with Crippen molar-refractivity contribution < 1.29 is 19.3 Å². The number of anilines is 2. The lowest BCUT2D eigenvalue weighted by atomic mass is 10.1. The number of nitrogen functional groups attached to an aromatic ring is 2. The van der Waals surface area contributed by atoms with Crippen LogP contribution in [0.2, 0.25) is 5.02 Å². The summed E-state index contributed by atoms with van der Waals surface area (Å²) in [6.07, 6.45) is -4.06. The fourth-order valence-corrected chi connectivity index (χ4v) is 2.71. The lowest BCUT2D eigenvalue weighted by Gasteiger charge is -2.15. The van der Waals surface area contributed by atoms with Crippen molar-refractivity contribution in [2.75, 3.05) is 18.1 Å². The predicted octanol–water partition coefficient (Wildman–Crippen LogP) is -0.162.